The number of hydrogen-bond acceptors (Lipinski definition) is 7. The number of rotatable bonds is 9. The molecule has 224 valence electrons. The first-order valence-electron chi connectivity index (χ1n) is 12.8. The fraction of sp³-hybridized carbons (Fsp3) is 0.500. The van der Waals surface area contributed by atoms with Crippen molar-refractivity contribution >= 4 is 75.3 Å². The van der Waals surface area contributed by atoms with Crippen LogP contribution in [0.2, 0.25) is 10.0 Å². The van der Waals surface area contributed by atoms with Crippen LogP contribution in [0.4, 0.5) is 11.4 Å². The van der Waals surface area contributed by atoms with Gasteiger partial charge in [0.1, 0.15) is 5.75 Å². The highest BCUT2D eigenvalue weighted by atomic mass is 35.5. The van der Waals surface area contributed by atoms with Crippen molar-refractivity contribution in [3.8, 4) is 5.75 Å². The van der Waals surface area contributed by atoms with Crippen molar-refractivity contribution < 1.29 is 23.2 Å². The lowest BCUT2D eigenvalue weighted by molar-refractivity contribution is -0.132. The molecule has 1 amide bonds. The molecule has 0 atom stereocenters. The van der Waals surface area contributed by atoms with Gasteiger partial charge in [0.25, 0.3) is 5.91 Å². The van der Waals surface area contributed by atoms with Gasteiger partial charge in [-0.1, -0.05) is 36.5 Å². The summed E-state index contributed by atoms with van der Waals surface area (Å²) in [5.41, 5.74) is 3.41. The lowest BCUT2D eigenvalue weighted by Gasteiger charge is -2.44. The Bertz CT molecular complexity index is 1220. The minimum absolute atomic E-state index is 0. The Morgan fingerprint density at radius 2 is 1.50 bits per heavy atom. The maximum atomic E-state index is 13.9. The number of carbonyl (C=O) groups excluding carboxylic acids is 1. The minimum atomic E-state index is -4.06. The Hall–Kier alpha value is -1.66. The number of hydroxylamine groups is 1. The van der Waals surface area contributed by atoms with Crippen LogP contribution in [0.3, 0.4) is 0 Å². The summed E-state index contributed by atoms with van der Waals surface area (Å²) in [6, 6.07) is 13.0. The van der Waals surface area contributed by atoms with Gasteiger partial charge < -0.3 is 14.5 Å². The molecule has 2 aromatic rings. The van der Waals surface area contributed by atoms with Crippen molar-refractivity contribution in [3.63, 3.8) is 0 Å². The Labute approximate surface area is 258 Å². The molecule has 40 heavy (non-hydrogen) atoms. The predicted octanol–water partition coefficient (Wildman–Crippen LogP) is 5.01. The number of piperidine rings is 1. The van der Waals surface area contributed by atoms with E-state index in [4.69, 9.17) is 27.9 Å². The van der Waals surface area contributed by atoms with Crippen LogP contribution in [0.15, 0.2) is 42.5 Å². The van der Waals surface area contributed by atoms with E-state index < -0.39 is 20.7 Å². The third-order valence-electron chi connectivity index (χ3n) is 7.40. The van der Waals surface area contributed by atoms with Crippen LogP contribution in [0.5, 0.6) is 5.75 Å². The average Bonchev–Trinajstić information content (AvgIpc) is 2.94. The summed E-state index contributed by atoms with van der Waals surface area (Å²) in [5.74, 6) is -0.0834. The second kappa shape index (κ2) is 15.0. The van der Waals surface area contributed by atoms with Crippen LogP contribution in [0.25, 0.3) is 0 Å². The highest BCUT2D eigenvalue weighted by molar-refractivity contribution is 7.91. The van der Waals surface area contributed by atoms with E-state index in [2.05, 4.69) is 11.8 Å². The number of nitrogens with one attached hydrogen (secondary N) is 1. The molecule has 0 aliphatic carbocycles. The first-order chi connectivity index (χ1) is 18.2. The van der Waals surface area contributed by atoms with E-state index in [1.807, 2.05) is 35.2 Å². The SMILES string of the molecule is CCCCOc1ccc(N2CCN(S(=O)(=O)C3(C(=O)NO)CCN(c4ccc(Cl)c(Cl)c4)CC3)CC2)cc1.Cl.Cl. The van der Waals surface area contributed by atoms with E-state index in [9.17, 15) is 18.4 Å². The highest BCUT2D eigenvalue weighted by Crippen LogP contribution is 2.37. The van der Waals surface area contributed by atoms with Crippen LogP contribution in [-0.4, -0.2) is 74.5 Å². The van der Waals surface area contributed by atoms with Crippen LogP contribution >= 0.6 is 48.0 Å². The van der Waals surface area contributed by atoms with E-state index >= 15 is 0 Å². The summed E-state index contributed by atoms with van der Waals surface area (Å²) in [7, 11) is -4.06. The second-order valence-electron chi connectivity index (χ2n) is 9.61. The van der Waals surface area contributed by atoms with Crippen LogP contribution in [0, 0.1) is 0 Å². The number of nitrogens with zero attached hydrogens (tertiary/aromatic N) is 3. The molecule has 2 aliphatic rings. The fourth-order valence-electron chi connectivity index (χ4n) is 5.03. The minimum Gasteiger partial charge on any atom is -0.494 e. The summed E-state index contributed by atoms with van der Waals surface area (Å²) in [6.45, 7) is 4.87. The summed E-state index contributed by atoms with van der Waals surface area (Å²) >= 11 is 12.2. The van der Waals surface area contributed by atoms with E-state index in [1.165, 1.54) is 4.31 Å². The lowest BCUT2D eigenvalue weighted by Crippen LogP contribution is -2.63. The molecule has 2 N–H and O–H groups in total. The largest absolute Gasteiger partial charge is 0.494 e. The quantitative estimate of drug-likeness (QED) is 0.222. The molecule has 0 saturated carbocycles. The van der Waals surface area contributed by atoms with Gasteiger partial charge in [-0.25, -0.2) is 13.9 Å². The van der Waals surface area contributed by atoms with Gasteiger partial charge in [0.05, 0.1) is 16.7 Å². The Morgan fingerprint density at radius 1 is 0.925 bits per heavy atom. The summed E-state index contributed by atoms with van der Waals surface area (Å²) in [5, 5.41) is 10.3. The van der Waals surface area contributed by atoms with Gasteiger partial charge in [0.2, 0.25) is 10.0 Å². The van der Waals surface area contributed by atoms with Gasteiger partial charge in [-0.05, 0) is 61.7 Å². The number of hydrogen-bond donors (Lipinski definition) is 2. The van der Waals surface area contributed by atoms with Gasteiger partial charge in [-0.15, -0.1) is 24.8 Å². The molecule has 0 radical (unpaired) electrons. The van der Waals surface area contributed by atoms with Gasteiger partial charge >= 0.3 is 0 Å². The fourth-order valence-corrected chi connectivity index (χ4v) is 7.44. The number of anilines is 2. The van der Waals surface area contributed by atoms with Crippen molar-refractivity contribution in [2.75, 3.05) is 55.7 Å². The predicted molar refractivity (Wildman–Crippen MR) is 165 cm³/mol. The standard InChI is InChI=1S/C26H34Cl2N4O5S.2ClH/c1-2-3-18-37-22-7-4-20(5-8-22)31-14-16-32(17-15-31)38(35,36)26(25(33)29-34)10-12-30(13-11-26)21-6-9-23(27)24(28)19-21;;/h4-9,19,34H,2-3,10-18H2,1H3,(H,29,33);2*1H. The maximum absolute atomic E-state index is 13.9. The van der Waals surface area contributed by atoms with Crippen LogP contribution in [-0.2, 0) is 14.8 Å². The highest BCUT2D eigenvalue weighted by Gasteiger charge is 2.55. The molecule has 2 aromatic carbocycles. The Balaban J connectivity index is 0.00000280. The van der Waals surface area contributed by atoms with E-state index in [-0.39, 0.29) is 50.7 Å². The smallest absolute Gasteiger partial charge is 0.266 e. The van der Waals surface area contributed by atoms with Crippen molar-refractivity contribution in [1.82, 2.24) is 9.79 Å². The van der Waals surface area contributed by atoms with Gasteiger partial charge in [0.15, 0.2) is 4.75 Å². The Kier molecular flexibility index (Phi) is 13.0. The van der Waals surface area contributed by atoms with E-state index in [0.29, 0.717) is 42.8 Å². The molecule has 4 rings (SSSR count). The molecule has 2 saturated heterocycles. The molecule has 2 heterocycles. The van der Waals surface area contributed by atoms with Crippen LogP contribution in [0.1, 0.15) is 32.6 Å². The topological polar surface area (TPSA) is 102 Å². The van der Waals surface area contributed by atoms with Crippen molar-refractivity contribution in [2.24, 2.45) is 0 Å². The van der Waals surface area contributed by atoms with Crippen molar-refractivity contribution in [1.29, 1.82) is 0 Å². The first-order valence-corrected chi connectivity index (χ1v) is 15.0. The second-order valence-corrected chi connectivity index (χ2v) is 12.7. The number of amides is 1. The third kappa shape index (κ3) is 7.21. The third-order valence-corrected chi connectivity index (χ3v) is 10.8. The molecule has 0 aromatic heterocycles. The molecule has 14 heteroatoms. The molecule has 0 unspecified atom stereocenters. The summed E-state index contributed by atoms with van der Waals surface area (Å²) < 4.78 is 33.1. The average molecular weight is 658 g/mol. The summed E-state index contributed by atoms with van der Waals surface area (Å²) in [6.07, 6.45) is 2.13. The van der Waals surface area contributed by atoms with Gasteiger partial charge in [-0.2, -0.15) is 4.31 Å². The monoisotopic (exact) mass is 656 g/mol. The molecular formula is C26H36Cl4N4O5S. The van der Waals surface area contributed by atoms with E-state index in [0.717, 1.165) is 30.0 Å². The first kappa shape index (κ1) is 34.5. The van der Waals surface area contributed by atoms with E-state index in [1.54, 1.807) is 17.6 Å². The number of carbonyl (C=O) groups is 1. The van der Waals surface area contributed by atoms with Crippen molar-refractivity contribution in [3.05, 3.63) is 52.5 Å². The summed E-state index contributed by atoms with van der Waals surface area (Å²) in [4.78, 5) is 17.0. The number of sulfonamides is 1. The van der Waals surface area contributed by atoms with Crippen LogP contribution < -0.4 is 20.0 Å². The zero-order valence-electron chi connectivity index (χ0n) is 22.2. The maximum Gasteiger partial charge on any atom is 0.266 e. The zero-order valence-corrected chi connectivity index (χ0v) is 26.2. The molecule has 2 aliphatic heterocycles. The number of benzene rings is 2. The molecule has 0 bridgehead atoms. The number of piperazine rings is 1. The van der Waals surface area contributed by atoms with Gasteiger partial charge in [0, 0.05) is 50.6 Å². The Morgan fingerprint density at radius 3 is 2.05 bits per heavy atom. The van der Waals surface area contributed by atoms with Gasteiger partial charge in [-0.3, -0.25) is 10.0 Å². The number of halogens is 4. The molecule has 9 nitrogen and oxygen atoms in total. The number of ether oxygens (including phenoxy) is 1. The molecule has 0 spiro atoms. The van der Waals surface area contributed by atoms with Crippen molar-refractivity contribution in [2.45, 2.75) is 37.4 Å². The lowest BCUT2D eigenvalue weighted by atomic mass is 9.94. The molecular weight excluding hydrogens is 622 g/mol. The normalized spacial score (nSPS) is 17.4. The zero-order chi connectivity index (χ0) is 27.3. The molecule has 2 fully saturated rings. The number of unbranched alkanes of at least 4 members (excludes halogenated alkanes) is 1.